The number of anilines is 1. The molecule has 0 aliphatic heterocycles. The summed E-state index contributed by atoms with van der Waals surface area (Å²) >= 11 is 0. The van der Waals surface area contributed by atoms with Gasteiger partial charge >= 0.3 is 0 Å². The van der Waals surface area contributed by atoms with Gasteiger partial charge in [-0.25, -0.2) is 4.39 Å². The second kappa shape index (κ2) is 6.06. The average molecular weight is 274 g/mol. The molecule has 2 aromatic carbocycles. The first kappa shape index (κ1) is 13.9. The smallest absolute Gasteiger partial charge is 0.248 e. The van der Waals surface area contributed by atoms with Gasteiger partial charge < -0.3 is 15.8 Å². The van der Waals surface area contributed by atoms with Crippen molar-refractivity contribution < 1.29 is 13.9 Å². The van der Waals surface area contributed by atoms with E-state index in [1.54, 1.807) is 36.4 Å². The third kappa shape index (κ3) is 3.06. The molecule has 0 spiro atoms. The molecular weight excluding hydrogens is 259 g/mol. The predicted molar refractivity (Wildman–Crippen MR) is 75.2 cm³/mol. The number of nitrogens with two attached hydrogens (primary N) is 1. The van der Waals surface area contributed by atoms with E-state index in [0.717, 1.165) is 0 Å². The molecule has 1 amide bonds. The summed E-state index contributed by atoms with van der Waals surface area (Å²) in [5, 5.41) is 3.04. The number of hydrogen-bond acceptors (Lipinski definition) is 3. The molecule has 0 radical (unpaired) electrons. The van der Waals surface area contributed by atoms with E-state index in [4.69, 9.17) is 10.5 Å². The van der Waals surface area contributed by atoms with E-state index >= 15 is 0 Å². The number of halogens is 1. The predicted octanol–water partition coefficient (Wildman–Crippen LogP) is 2.55. The van der Waals surface area contributed by atoms with Crippen LogP contribution < -0.4 is 15.8 Å². The van der Waals surface area contributed by atoms with Crippen LogP contribution in [0.1, 0.15) is 15.9 Å². The molecule has 4 nitrogen and oxygen atoms in total. The molecule has 0 saturated carbocycles. The molecule has 104 valence electrons. The maximum absolute atomic E-state index is 13.5. The van der Waals surface area contributed by atoms with Crippen molar-refractivity contribution in [1.82, 2.24) is 0 Å². The number of primary amides is 1. The Kier molecular flexibility index (Phi) is 4.20. The van der Waals surface area contributed by atoms with E-state index < -0.39 is 5.91 Å². The van der Waals surface area contributed by atoms with Gasteiger partial charge in [0.05, 0.1) is 12.8 Å². The number of carbonyl (C=O) groups is 1. The van der Waals surface area contributed by atoms with Gasteiger partial charge in [0.2, 0.25) is 5.91 Å². The first-order valence-corrected chi connectivity index (χ1v) is 6.07. The van der Waals surface area contributed by atoms with Crippen LogP contribution in [0.2, 0.25) is 0 Å². The summed E-state index contributed by atoms with van der Waals surface area (Å²) in [4.78, 5) is 11.2. The minimum absolute atomic E-state index is 0.283. The van der Waals surface area contributed by atoms with Gasteiger partial charge in [-0.15, -0.1) is 0 Å². The van der Waals surface area contributed by atoms with Crippen LogP contribution in [0.3, 0.4) is 0 Å². The topological polar surface area (TPSA) is 64.3 Å². The minimum Gasteiger partial charge on any atom is -0.495 e. The third-order valence-corrected chi connectivity index (χ3v) is 2.91. The van der Waals surface area contributed by atoms with E-state index in [1.807, 2.05) is 0 Å². The monoisotopic (exact) mass is 274 g/mol. The molecular formula is C15H15FN2O2. The summed E-state index contributed by atoms with van der Waals surface area (Å²) in [6.07, 6.45) is 0. The maximum Gasteiger partial charge on any atom is 0.248 e. The minimum atomic E-state index is -0.526. The zero-order valence-corrected chi connectivity index (χ0v) is 11.0. The van der Waals surface area contributed by atoms with Crippen molar-refractivity contribution in [2.45, 2.75) is 6.54 Å². The van der Waals surface area contributed by atoms with Crippen LogP contribution in [0.15, 0.2) is 42.5 Å². The van der Waals surface area contributed by atoms with Crippen LogP contribution in [0.5, 0.6) is 5.75 Å². The second-order valence-electron chi connectivity index (χ2n) is 4.22. The fraction of sp³-hybridized carbons (Fsp3) is 0.133. The maximum atomic E-state index is 13.5. The highest BCUT2D eigenvalue weighted by molar-refractivity contribution is 5.94. The zero-order valence-electron chi connectivity index (χ0n) is 11.0. The molecule has 0 unspecified atom stereocenters. The van der Waals surface area contributed by atoms with Gasteiger partial charge in [-0.1, -0.05) is 18.2 Å². The molecule has 2 aromatic rings. The van der Waals surface area contributed by atoms with Crippen LogP contribution in [-0.2, 0) is 6.54 Å². The van der Waals surface area contributed by atoms with Crippen molar-refractivity contribution in [3.8, 4) is 5.75 Å². The number of ether oxygens (including phenoxy) is 1. The van der Waals surface area contributed by atoms with Gasteiger partial charge in [-0.05, 0) is 24.3 Å². The van der Waals surface area contributed by atoms with Gasteiger partial charge in [-0.3, -0.25) is 4.79 Å². The Morgan fingerprint density at radius 2 is 2.05 bits per heavy atom. The van der Waals surface area contributed by atoms with Gasteiger partial charge in [0.15, 0.2) is 0 Å². The Bertz CT molecular complexity index is 629. The molecule has 0 aromatic heterocycles. The highest BCUT2D eigenvalue weighted by Crippen LogP contribution is 2.26. The SMILES string of the molecule is COc1ccc(C(N)=O)cc1NCc1ccccc1F. The Morgan fingerprint density at radius 1 is 1.30 bits per heavy atom. The summed E-state index contributed by atoms with van der Waals surface area (Å²) in [6, 6.07) is 11.3. The summed E-state index contributed by atoms with van der Waals surface area (Å²) in [5.41, 5.74) is 6.72. The molecule has 0 atom stereocenters. The van der Waals surface area contributed by atoms with Crippen LogP contribution >= 0.6 is 0 Å². The molecule has 0 bridgehead atoms. The third-order valence-electron chi connectivity index (χ3n) is 2.91. The lowest BCUT2D eigenvalue weighted by Gasteiger charge is -2.12. The first-order valence-electron chi connectivity index (χ1n) is 6.07. The van der Waals surface area contributed by atoms with Crippen molar-refractivity contribution in [1.29, 1.82) is 0 Å². The molecule has 0 heterocycles. The molecule has 0 aliphatic carbocycles. The largest absolute Gasteiger partial charge is 0.495 e. The van der Waals surface area contributed by atoms with Crippen molar-refractivity contribution in [2.75, 3.05) is 12.4 Å². The van der Waals surface area contributed by atoms with E-state index in [-0.39, 0.29) is 12.4 Å². The number of benzene rings is 2. The number of nitrogens with one attached hydrogen (secondary N) is 1. The molecule has 0 fully saturated rings. The Balaban J connectivity index is 2.22. The Labute approximate surface area is 116 Å². The van der Waals surface area contributed by atoms with Crippen LogP contribution in [0.25, 0.3) is 0 Å². The molecule has 5 heteroatoms. The van der Waals surface area contributed by atoms with Crippen molar-refractivity contribution >= 4 is 11.6 Å². The molecule has 0 saturated heterocycles. The summed E-state index contributed by atoms with van der Waals surface area (Å²) < 4.78 is 18.7. The summed E-state index contributed by atoms with van der Waals surface area (Å²) in [7, 11) is 1.52. The second-order valence-corrected chi connectivity index (χ2v) is 4.22. The lowest BCUT2D eigenvalue weighted by molar-refractivity contribution is 0.100. The Hall–Kier alpha value is -2.56. The van der Waals surface area contributed by atoms with Crippen molar-refractivity contribution in [2.24, 2.45) is 5.73 Å². The van der Waals surface area contributed by atoms with Crippen molar-refractivity contribution in [3.05, 3.63) is 59.4 Å². The van der Waals surface area contributed by atoms with Gasteiger partial charge in [0.1, 0.15) is 11.6 Å². The fourth-order valence-corrected chi connectivity index (χ4v) is 1.83. The lowest BCUT2D eigenvalue weighted by Crippen LogP contribution is -2.12. The Morgan fingerprint density at radius 3 is 2.70 bits per heavy atom. The fourth-order valence-electron chi connectivity index (χ4n) is 1.83. The molecule has 0 aliphatic rings. The normalized spacial score (nSPS) is 10.1. The number of carbonyl (C=O) groups excluding carboxylic acids is 1. The van der Waals surface area contributed by atoms with Crippen LogP contribution in [0, 0.1) is 5.82 Å². The van der Waals surface area contributed by atoms with Crippen LogP contribution in [0.4, 0.5) is 10.1 Å². The molecule has 20 heavy (non-hydrogen) atoms. The van der Waals surface area contributed by atoms with Gasteiger partial charge in [0, 0.05) is 17.7 Å². The van der Waals surface area contributed by atoms with E-state index in [1.165, 1.54) is 13.2 Å². The average Bonchev–Trinajstić information content (AvgIpc) is 2.46. The number of hydrogen-bond donors (Lipinski definition) is 2. The number of methoxy groups -OCH3 is 1. The standard InChI is InChI=1S/C15H15FN2O2/c1-20-14-7-6-10(15(17)19)8-13(14)18-9-11-4-2-3-5-12(11)16/h2-8,18H,9H2,1H3,(H2,17,19). The van der Waals surface area contributed by atoms with E-state index in [0.29, 0.717) is 22.6 Å². The number of amides is 1. The number of rotatable bonds is 5. The summed E-state index contributed by atoms with van der Waals surface area (Å²) in [5.74, 6) is -0.252. The van der Waals surface area contributed by atoms with Crippen molar-refractivity contribution in [3.63, 3.8) is 0 Å². The quantitative estimate of drug-likeness (QED) is 0.880. The molecule has 2 rings (SSSR count). The van der Waals surface area contributed by atoms with Crippen LogP contribution in [-0.4, -0.2) is 13.0 Å². The van der Waals surface area contributed by atoms with Gasteiger partial charge in [0.25, 0.3) is 0 Å². The van der Waals surface area contributed by atoms with E-state index in [2.05, 4.69) is 5.32 Å². The highest BCUT2D eigenvalue weighted by Gasteiger charge is 2.08. The first-order chi connectivity index (χ1) is 9.61. The van der Waals surface area contributed by atoms with E-state index in [9.17, 15) is 9.18 Å². The van der Waals surface area contributed by atoms with Gasteiger partial charge in [-0.2, -0.15) is 0 Å². The zero-order chi connectivity index (χ0) is 14.5. The molecule has 3 N–H and O–H groups in total. The highest BCUT2D eigenvalue weighted by atomic mass is 19.1. The summed E-state index contributed by atoms with van der Waals surface area (Å²) in [6.45, 7) is 0.283. The lowest BCUT2D eigenvalue weighted by atomic mass is 10.1.